The first kappa shape index (κ1) is 21.7. The molecule has 0 atom stereocenters. The maximum Gasteiger partial charge on any atom is 0.261 e. The standard InChI is InChI=1S/C22H19FN2O3S3/c23-17-6-10-20(11-7-17)31(27,28)25-18-8-4-15(5-9-18)21(26)24-19-3-1-2-16(14-19)22-29-12-13-30-22/h1-11,14,22,25H,12-13H2,(H,24,26). The number of rotatable bonds is 6. The fraction of sp³-hybridized carbons (Fsp3) is 0.136. The van der Waals surface area contributed by atoms with Crippen LogP contribution >= 0.6 is 23.5 Å². The Labute approximate surface area is 188 Å². The van der Waals surface area contributed by atoms with Crippen molar-refractivity contribution in [3.8, 4) is 0 Å². The predicted octanol–water partition coefficient (Wildman–Crippen LogP) is 5.36. The smallest absolute Gasteiger partial charge is 0.261 e. The number of thioether (sulfide) groups is 2. The van der Waals surface area contributed by atoms with Gasteiger partial charge in [0.2, 0.25) is 0 Å². The summed E-state index contributed by atoms with van der Waals surface area (Å²) < 4.78 is 40.6. The number of benzene rings is 3. The van der Waals surface area contributed by atoms with Crippen LogP contribution in [0.1, 0.15) is 20.5 Å². The predicted molar refractivity (Wildman–Crippen MR) is 126 cm³/mol. The van der Waals surface area contributed by atoms with E-state index in [2.05, 4.69) is 16.1 Å². The largest absolute Gasteiger partial charge is 0.322 e. The Morgan fingerprint density at radius 1 is 0.903 bits per heavy atom. The Balaban J connectivity index is 1.42. The minimum absolute atomic E-state index is 0.0470. The van der Waals surface area contributed by atoms with Gasteiger partial charge in [-0.2, -0.15) is 0 Å². The van der Waals surface area contributed by atoms with Crippen LogP contribution in [0, 0.1) is 5.82 Å². The third-order valence-corrected chi connectivity index (χ3v) is 9.06. The molecule has 1 aliphatic rings. The number of halogens is 1. The van der Waals surface area contributed by atoms with Gasteiger partial charge in [-0.1, -0.05) is 12.1 Å². The van der Waals surface area contributed by atoms with Crippen molar-refractivity contribution in [1.29, 1.82) is 0 Å². The van der Waals surface area contributed by atoms with E-state index in [0.29, 0.717) is 15.8 Å². The molecule has 2 N–H and O–H groups in total. The zero-order chi connectivity index (χ0) is 21.8. The average Bonchev–Trinajstić information content (AvgIpc) is 3.29. The van der Waals surface area contributed by atoms with Gasteiger partial charge in [-0.05, 0) is 66.2 Å². The molecular formula is C22H19FN2O3S3. The zero-order valence-electron chi connectivity index (χ0n) is 16.2. The summed E-state index contributed by atoms with van der Waals surface area (Å²) >= 11 is 3.80. The van der Waals surface area contributed by atoms with Crippen molar-refractivity contribution in [1.82, 2.24) is 0 Å². The van der Waals surface area contributed by atoms with Crippen molar-refractivity contribution in [3.05, 3.63) is 89.7 Å². The Bertz CT molecular complexity index is 1180. The molecule has 9 heteroatoms. The van der Waals surface area contributed by atoms with Gasteiger partial charge in [0.15, 0.2) is 0 Å². The number of hydrogen-bond acceptors (Lipinski definition) is 5. The summed E-state index contributed by atoms with van der Waals surface area (Å²) in [5.41, 5.74) is 2.60. The van der Waals surface area contributed by atoms with Gasteiger partial charge in [0.05, 0.1) is 9.48 Å². The summed E-state index contributed by atoms with van der Waals surface area (Å²) in [4.78, 5) is 12.6. The van der Waals surface area contributed by atoms with Crippen LogP contribution < -0.4 is 10.0 Å². The van der Waals surface area contributed by atoms with Crippen molar-refractivity contribution in [2.45, 2.75) is 9.48 Å². The summed E-state index contributed by atoms with van der Waals surface area (Å²) in [7, 11) is -3.85. The van der Waals surface area contributed by atoms with Crippen LogP contribution in [-0.4, -0.2) is 25.8 Å². The van der Waals surface area contributed by atoms with Crippen LogP contribution in [0.25, 0.3) is 0 Å². The number of anilines is 2. The van der Waals surface area contributed by atoms with E-state index in [0.717, 1.165) is 29.3 Å². The molecule has 4 rings (SSSR count). The molecule has 1 saturated heterocycles. The Morgan fingerprint density at radius 2 is 1.58 bits per heavy atom. The molecule has 0 radical (unpaired) electrons. The Morgan fingerprint density at radius 3 is 2.26 bits per heavy atom. The fourth-order valence-corrected chi connectivity index (χ4v) is 6.93. The number of sulfonamides is 1. The van der Waals surface area contributed by atoms with Crippen molar-refractivity contribution in [3.63, 3.8) is 0 Å². The molecule has 1 fully saturated rings. The van der Waals surface area contributed by atoms with E-state index in [1.54, 1.807) is 12.1 Å². The molecule has 0 unspecified atom stereocenters. The molecule has 0 aliphatic carbocycles. The van der Waals surface area contributed by atoms with Gasteiger partial charge >= 0.3 is 0 Å². The van der Waals surface area contributed by atoms with E-state index in [-0.39, 0.29) is 10.8 Å². The summed E-state index contributed by atoms with van der Waals surface area (Å²) in [5.74, 6) is 1.46. The second-order valence-electron chi connectivity index (χ2n) is 6.79. The second-order valence-corrected chi connectivity index (χ2v) is 11.2. The molecule has 0 spiro atoms. The molecule has 0 saturated carbocycles. The fourth-order valence-electron chi connectivity index (χ4n) is 3.03. The lowest BCUT2D eigenvalue weighted by molar-refractivity contribution is 0.102. The van der Waals surface area contributed by atoms with Crippen molar-refractivity contribution >= 4 is 50.8 Å². The van der Waals surface area contributed by atoms with E-state index >= 15 is 0 Å². The maximum absolute atomic E-state index is 13.0. The van der Waals surface area contributed by atoms with Crippen LogP contribution in [-0.2, 0) is 10.0 Å². The van der Waals surface area contributed by atoms with Gasteiger partial charge in [-0.15, -0.1) is 23.5 Å². The quantitative estimate of drug-likeness (QED) is 0.503. The summed E-state index contributed by atoms with van der Waals surface area (Å²) in [5, 5.41) is 2.89. The van der Waals surface area contributed by atoms with Crippen molar-refractivity contribution in [2.24, 2.45) is 0 Å². The van der Waals surface area contributed by atoms with Gasteiger partial charge in [0, 0.05) is 28.4 Å². The highest BCUT2D eigenvalue weighted by Crippen LogP contribution is 2.45. The Kier molecular flexibility index (Phi) is 6.54. The van der Waals surface area contributed by atoms with E-state index in [4.69, 9.17) is 0 Å². The molecule has 1 heterocycles. The van der Waals surface area contributed by atoms with Gasteiger partial charge in [-0.3, -0.25) is 9.52 Å². The highest BCUT2D eigenvalue weighted by Gasteiger charge is 2.19. The first-order valence-electron chi connectivity index (χ1n) is 9.44. The molecule has 0 aromatic heterocycles. The summed E-state index contributed by atoms with van der Waals surface area (Å²) in [6.45, 7) is 0. The monoisotopic (exact) mass is 474 g/mol. The van der Waals surface area contributed by atoms with Crippen molar-refractivity contribution in [2.75, 3.05) is 21.5 Å². The topological polar surface area (TPSA) is 75.3 Å². The first-order valence-corrected chi connectivity index (χ1v) is 13.0. The van der Waals surface area contributed by atoms with Crippen LogP contribution in [0.15, 0.2) is 77.7 Å². The van der Waals surface area contributed by atoms with E-state index in [1.807, 2.05) is 41.7 Å². The van der Waals surface area contributed by atoms with E-state index < -0.39 is 15.8 Å². The second kappa shape index (κ2) is 9.33. The first-order chi connectivity index (χ1) is 14.9. The molecule has 0 bridgehead atoms. The third-order valence-electron chi connectivity index (χ3n) is 4.56. The van der Waals surface area contributed by atoms with Crippen molar-refractivity contribution < 1.29 is 17.6 Å². The lowest BCUT2D eigenvalue weighted by atomic mass is 10.1. The lowest BCUT2D eigenvalue weighted by Crippen LogP contribution is -2.14. The molecule has 1 amide bonds. The van der Waals surface area contributed by atoms with E-state index in [9.17, 15) is 17.6 Å². The highest BCUT2D eigenvalue weighted by atomic mass is 32.2. The van der Waals surface area contributed by atoms with Crippen LogP contribution in [0.4, 0.5) is 15.8 Å². The summed E-state index contributed by atoms with van der Waals surface area (Å²) in [6.07, 6.45) is 0. The Hall–Kier alpha value is -2.49. The van der Waals surface area contributed by atoms with Crippen LogP contribution in [0.5, 0.6) is 0 Å². The van der Waals surface area contributed by atoms with Crippen LogP contribution in [0.2, 0.25) is 0 Å². The molecule has 3 aromatic rings. The molecule has 5 nitrogen and oxygen atoms in total. The normalized spacial score (nSPS) is 14.4. The average molecular weight is 475 g/mol. The van der Waals surface area contributed by atoms with Gasteiger partial charge < -0.3 is 5.32 Å². The molecule has 1 aliphatic heterocycles. The number of carbonyl (C=O) groups excluding carboxylic acids is 1. The number of amides is 1. The minimum atomic E-state index is -3.85. The SMILES string of the molecule is O=C(Nc1cccc(C2SCCS2)c1)c1ccc(NS(=O)(=O)c2ccc(F)cc2)cc1. The third kappa shape index (κ3) is 5.41. The highest BCUT2D eigenvalue weighted by molar-refractivity contribution is 8.19. The number of hydrogen-bond donors (Lipinski definition) is 2. The molecule has 31 heavy (non-hydrogen) atoms. The minimum Gasteiger partial charge on any atom is -0.322 e. The van der Waals surface area contributed by atoms with Gasteiger partial charge in [0.25, 0.3) is 15.9 Å². The molecule has 160 valence electrons. The number of carbonyl (C=O) groups is 1. The molecule has 3 aromatic carbocycles. The number of nitrogens with one attached hydrogen (secondary N) is 2. The maximum atomic E-state index is 13.0. The van der Waals surface area contributed by atoms with Gasteiger partial charge in [0.1, 0.15) is 5.82 Å². The lowest BCUT2D eigenvalue weighted by Gasteiger charge is -2.12. The zero-order valence-corrected chi connectivity index (χ0v) is 18.7. The van der Waals surface area contributed by atoms with Gasteiger partial charge in [-0.25, -0.2) is 12.8 Å². The van der Waals surface area contributed by atoms with Crippen LogP contribution in [0.3, 0.4) is 0 Å². The summed E-state index contributed by atoms with van der Waals surface area (Å²) in [6, 6.07) is 18.5. The molecular weight excluding hydrogens is 455 g/mol. The van der Waals surface area contributed by atoms with E-state index in [1.165, 1.54) is 29.8 Å².